The highest BCUT2D eigenvalue weighted by molar-refractivity contribution is 5.83. The maximum absolute atomic E-state index is 12.8. The Bertz CT molecular complexity index is 807. The Kier molecular flexibility index (Phi) is 40.3. The zero-order valence-electron chi connectivity index (χ0n) is 35.4. The number of esters is 1. The van der Waals surface area contributed by atoms with E-state index in [1.807, 2.05) is 0 Å². The quantitative estimate of drug-likeness (QED) is 0.0422. The van der Waals surface area contributed by atoms with E-state index < -0.39 is 12.0 Å². The molecule has 2 atom stereocenters. The zero-order chi connectivity index (χ0) is 38.9. The van der Waals surface area contributed by atoms with Crippen molar-refractivity contribution < 1.29 is 24.2 Å². The van der Waals surface area contributed by atoms with Gasteiger partial charge in [0.1, 0.15) is 12.1 Å². The van der Waals surface area contributed by atoms with Crippen molar-refractivity contribution in [3.63, 3.8) is 0 Å². The summed E-state index contributed by atoms with van der Waals surface area (Å²) in [6, 6.07) is -0.852. The molecule has 0 bridgehead atoms. The van der Waals surface area contributed by atoms with E-state index in [1.54, 1.807) is 0 Å². The van der Waals surface area contributed by atoms with Crippen molar-refractivity contribution in [3.05, 3.63) is 0 Å². The molecule has 0 rings (SSSR count). The molecule has 7 heteroatoms. The fourth-order valence-electron chi connectivity index (χ4n) is 7.39. The second-order valence-corrected chi connectivity index (χ2v) is 16.2. The van der Waals surface area contributed by atoms with Crippen LogP contribution in [0.25, 0.3) is 0 Å². The third kappa shape index (κ3) is 38.4. The van der Waals surface area contributed by atoms with Crippen molar-refractivity contribution in [1.29, 1.82) is 0 Å². The molecule has 7 nitrogen and oxygen atoms in total. The van der Waals surface area contributed by atoms with Crippen molar-refractivity contribution in [3.8, 4) is 0 Å². The highest BCUT2D eigenvalue weighted by atomic mass is 16.5. The van der Waals surface area contributed by atoms with Crippen molar-refractivity contribution in [2.24, 2.45) is 5.73 Å². The number of amides is 1. The van der Waals surface area contributed by atoms with E-state index in [4.69, 9.17) is 10.5 Å². The Morgan fingerprint density at radius 1 is 0.472 bits per heavy atom. The topological polar surface area (TPSA) is 119 Å². The number of ether oxygens (including phenoxy) is 1. The number of carboxylic acids is 1. The molecule has 0 saturated carbocycles. The third-order valence-electron chi connectivity index (χ3n) is 10.9. The van der Waals surface area contributed by atoms with Crippen molar-refractivity contribution >= 4 is 17.8 Å². The van der Waals surface area contributed by atoms with E-state index in [-0.39, 0.29) is 18.0 Å². The Morgan fingerprint density at radius 3 is 1.17 bits per heavy atom. The molecular weight excluding hydrogens is 661 g/mol. The summed E-state index contributed by atoms with van der Waals surface area (Å²) >= 11 is 0. The van der Waals surface area contributed by atoms with Gasteiger partial charge >= 0.3 is 11.9 Å². The number of hydrogen-bond donors (Lipinski definition) is 3. The van der Waals surface area contributed by atoms with Gasteiger partial charge in [0.25, 0.3) is 0 Å². The lowest BCUT2D eigenvalue weighted by Crippen LogP contribution is -2.40. The monoisotopic (exact) mass is 751 g/mol. The molecular formula is C46H90N2O5. The van der Waals surface area contributed by atoms with Crippen LogP contribution in [0.4, 0.5) is 0 Å². The third-order valence-corrected chi connectivity index (χ3v) is 10.9. The van der Waals surface area contributed by atoms with Crippen LogP contribution in [0.3, 0.4) is 0 Å². The van der Waals surface area contributed by atoms with Gasteiger partial charge in [-0.3, -0.25) is 9.59 Å². The van der Waals surface area contributed by atoms with Gasteiger partial charge in [-0.2, -0.15) is 0 Å². The fourth-order valence-corrected chi connectivity index (χ4v) is 7.39. The first-order chi connectivity index (χ1) is 25.9. The summed E-state index contributed by atoms with van der Waals surface area (Å²) in [6.45, 7) is 4.97. The summed E-state index contributed by atoms with van der Waals surface area (Å²) in [5, 5.41) is 11.9. The van der Waals surface area contributed by atoms with Crippen molar-refractivity contribution in [2.75, 3.05) is 6.54 Å². The maximum Gasteiger partial charge on any atom is 0.326 e. The summed E-state index contributed by atoms with van der Waals surface area (Å²) in [7, 11) is 0. The summed E-state index contributed by atoms with van der Waals surface area (Å²) in [5.74, 6) is -1.21. The molecule has 0 radical (unpaired) electrons. The van der Waals surface area contributed by atoms with Crippen LogP contribution in [0.1, 0.15) is 258 Å². The molecule has 0 aliphatic heterocycles. The predicted molar refractivity (Wildman–Crippen MR) is 225 cm³/mol. The number of aliphatic carboxylic acids is 1. The van der Waals surface area contributed by atoms with Gasteiger partial charge in [-0.15, -0.1) is 0 Å². The minimum atomic E-state index is -1.000. The summed E-state index contributed by atoms with van der Waals surface area (Å²) in [4.78, 5) is 36.4. The van der Waals surface area contributed by atoms with Gasteiger partial charge < -0.3 is 20.9 Å². The van der Waals surface area contributed by atoms with Crippen LogP contribution in [0.2, 0.25) is 0 Å². The Balaban J connectivity index is 4.22. The fraction of sp³-hybridized carbons (Fsp3) is 0.935. The van der Waals surface area contributed by atoms with Gasteiger partial charge in [0.2, 0.25) is 5.91 Å². The molecule has 2 unspecified atom stereocenters. The normalized spacial score (nSPS) is 12.5. The van der Waals surface area contributed by atoms with E-state index in [0.29, 0.717) is 32.2 Å². The molecule has 0 aromatic rings. The van der Waals surface area contributed by atoms with Crippen LogP contribution in [0, 0.1) is 0 Å². The average molecular weight is 751 g/mol. The largest absolute Gasteiger partial charge is 0.480 e. The minimum Gasteiger partial charge on any atom is -0.480 e. The van der Waals surface area contributed by atoms with Crippen LogP contribution in [0.15, 0.2) is 0 Å². The van der Waals surface area contributed by atoms with E-state index >= 15 is 0 Å². The van der Waals surface area contributed by atoms with Gasteiger partial charge in [-0.25, -0.2) is 4.79 Å². The summed E-state index contributed by atoms with van der Waals surface area (Å²) in [6.07, 6.45) is 44.4. The Morgan fingerprint density at radius 2 is 0.811 bits per heavy atom. The van der Waals surface area contributed by atoms with Gasteiger partial charge in [0.15, 0.2) is 0 Å². The SMILES string of the molecule is CCCCCCCCCCCCCCCCCCC(=O)OC(CCCCCCCCCCCCC)CCCCCCCC(=O)NC(CCCN)C(=O)O. The molecule has 53 heavy (non-hydrogen) atoms. The predicted octanol–water partition coefficient (Wildman–Crippen LogP) is 13.3. The number of unbranched alkanes of at least 4 members (excludes halogenated alkanes) is 29. The zero-order valence-corrected chi connectivity index (χ0v) is 35.4. The number of nitrogens with one attached hydrogen (secondary N) is 1. The van der Waals surface area contributed by atoms with Gasteiger partial charge in [0, 0.05) is 12.8 Å². The molecule has 0 aromatic heterocycles. The van der Waals surface area contributed by atoms with Crippen LogP contribution in [-0.4, -0.2) is 41.6 Å². The lowest BCUT2D eigenvalue weighted by atomic mass is 10.0. The van der Waals surface area contributed by atoms with E-state index in [0.717, 1.165) is 64.2 Å². The second kappa shape index (κ2) is 41.5. The first-order valence-electron chi connectivity index (χ1n) is 23.4. The number of rotatable bonds is 43. The molecule has 0 aromatic carbocycles. The van der Waals surface area contributed by atoms with Crippen LogP contribution in [-0.2, 0) is 19.1 Å². The average Bonchev–Trinajstić information content (AvgIpc) is 3.14. The smallest absolute Gasteiger partial charge is 0.326 e. The van der Waals surface area contributed by atoms with Crippen molar-refractivity contribution in [1.82, 2.24) is 5.32 Å². The molecule has 1 amide bonds. The summed E-state index contributed by atoms with van der Waals surface area (Å²) in [5.41, 5.74) is 5.49. The number of carboxylic acid groups (broad SMARTS) is 1. The minimum absolute atomic E-state index is 0.0134. The Labute approximate surface area is 328 Å². The number of nitrogens with two attached hydrogens (primary N) is 1. The number of hydrogen-bond acceptors (Lipinski definition) is 5. The van der Waals surface area contributed by atoms with Gasteiger partial charge in [0.05, 0.1) is 0 Å². The molecule has 0 spiro atoms. The van der Waals surface area contributed by atoms with Crippen LogP contribution >= 0.6 is 0 Å². The van der Waals surface area contributed by atoms with Crippen LogP contribution in [0.5, 0.6) is 0 Å². The first-order valence-corrected chi connectivity index (χ1v) is 23.4. The van der Waals surface area contributed by atoms with E-state index in [9.17, 15) is 19.5 Å². The van der Waals surface area contributed by atoms with E-state index in [1.165, 1.54) is 154 Å². The first kappa shape index (κ1) is 51.4. The summed E-state index contributed by atoms with van der Waals surface area (Å²) < 4.78 is 6.06. The lowest BCUT2D eigenvalue weighted by Gasteiger charge is -2.18. The molecule has 0 aliphatic carbocycles. The van der Waals surface area contributed by atoms with Crippen molar-refractivity contribution in [2.45, 2.75) is 270 Å². The molecule has 0 heterocycles. The molecule has 0 saturated heterocycles. The van der Waals surface area contributed by atoms with Gasteiger partial charge in [-0.1, -0.05) is 194 Å². The van der Waals surface area contributed by atoms with Crippen LogP contribution < -0.4 is 11.1 Å². The molecule has 4 N–H and O–H groups in total. The lowest BCUT2D eigenvalue weighted by molar-refractivity contribution is -0.150. The molecule has 0 fully saturated rings. The molecule has 0 aliphatic rings. The highest BCUT2D eigenvalue weighted by Crippen LogP contribution is 2.19. The Hall–Kier alpha value is -1.63. The number of carbonyl (C=O) groups is 3. The highest BCUT2D eigenvalue weighted by Gasteiger charge is 2.19. The van der Waals surface area contributed by atoms with Gasteiger partial charge in [-0.05, 0) is 57.9 Å². The standard InChI is InChI=1S/C46H90N2O5/c1-3-5-7-9-11-13-15-16-17-18-19-21-23-25-30-34-40-45(50)53-42(36-31-27-24-22-20-14-12-10-8-6-4-2)37-32-28-26-29-33-39-44(49)48-43(46(51)52)38-35-41-47/h42-43H,3-41,47H2,1-2H3,(H,48,49)(H,51,52). The van der Waals surface area contributed by atoms with E-state index in [2.05, 4.69) is 19.2 Å². The second-order valence-electron chi connectivity index (χ2n) is 16.2. The number of carbonyl (C=O) groups excluding carboxylic acids is 2. The molecule has 314 valence electrons. The maximum atomic E-state index is 12.8.